The fourth-order valence-electron chi connectivity index (χ4n) is 0.850. The lowest BCUT2D eigenvalue weighted by Crippen LogP contribution is -2.30. The van der Waals surface area contributed by atoms with Crippen LogP contribution in [0, 0.1) is 0 Å². The van der Waals surface area contributed by atoms with E-state index in [4.69, 9.17) is 9.47 Å². The zero-order valence-electron chi connectivity index (χ0n) is 9.46. The summed E-state index contributed by atoms with van der Waals surface area (Å²) in [6.45, 7) is 7.47. The van der Waals surface area contributed by atoms with E-state index in [0.717, 1.165) is 0 Å². The van der Waals surface area contributed by atoms with Gasteiger partial charge in [0.2, 0.25) is 0 Å². The molecular weight excluding hydrogens is 248 g/mol. The maximum Gasteiger partial charge on any atom is 0.320 e. The molecule has 0 saturated heterocycles. The number of halogens is 1. The molecule has 0 aromatic heterocycles. The van der Waals surface area contributed by atoms with Crippen molar-refractivity contribution in [1.29, 1.82) is 0 Å². The van der Waals surface area contributed by atoms with Crippen LogP contribution in [0.25, 0.3) is 0 Å². The molecule has 0 aromatic carbocycles. The predicted molar refractivity (Wildman–Crippen MR) is 59.6 cm³/mol. The van der Waals surface area contributed by atoms with Gasteiger partial charge < -0.3 is 9.47 Å². The number of carbonyl (C=O) groups is 1. The van der Waals surface area contributed by atoms with E-state index in [1.54, 1.807) is 7.11 Å². The van der Waals surface area contributed by atoms with E-state index in [2.05, 4.69) is 15.9 Å². The van der Waals surface area contributed by atoms with Crippen LogP contribution in [-0.4, -0.2) is 29.6 Å². The van der Waals surface area contributed by atoms with Crippen molar-refractivity contribution in [2.45, 2.75) is 50.6 Å². The van der Waals surface area contributed by atoms with Gasteiger partial charge in [0.1, 0.15) is 10.4 Å². The van der Waals surface area contributed by atoms with Crippen molar-refractivity contribution in [2.24, 2.45) is 0 Å². The average Bonchev–Trinajstić information content (AvgIpc) is 2.00. The Morgan fingerprint density at radius 2 is 1.93 bits per heavy atom. The summed E-state index contributed by atoms with van der Waals surface area (Å²) in [6.07, 6.45) is 0.665. The summed E-state index contributed by atoms with van der Waals surface area (Å²) in [7, 11) is 1.62. The number of carbonyl (C=O) groups excluding carboxylic acids is 1. The van der Waals surface area contributed by atoms with Crippen LogP contribution in [0.2, 0.25) is 0 Å². The van der Waals surface area contributed by atoms with Gasteiger partial charge in [0.25, 0.3) is 0 Å². The van der Waals surface area contributed by atoms with Crippen LogP contribution in [0.3, 0.4) is 0 Å². The van der Waals surface area contributed by atoms with Crippen molar-refractivity contribution >= 4 is 21.9 Å². The topological polar surface area (TPSA) is 35.5 Å². The first-order valence-electron chi connectivity index (χ1n) is 4.66. The molecule has 0 aromatic rings. The number of hydrogen-bond acceptors (Lipinski definition) is 3. The molecule has 0 amide bonds. The van der Waals surface area contributed by atoms with Crippen molar-refractivity contribution in [3.05, 3.63) is 0 Å². The molecule has 3 nitrogen and oxygen atoms in total. The molecule has 0 heterocycles. The maximum atomic E-state index is 11.5. The summed E-state index contributed by atoms with van der Waals surface area (Å²) in [6, 6.07) is 0. The van der Waals surface area contributed by atoms with Crippen molar-refractivity contribution in [1.82, 2.24) is 0 Å². The second kappa shape index (κ2) is 5.71. The first kappa shape index (κ1) is 13.9. The van der Waals surface area contributed by atoms with Gasteiger partial charge in [-0.25, -0.2) is 0 Å². The van der Waals surface area contributed by atoms with Gasteiger partial charge in [-0.3, -0.25) is 4.79 Å². The van der Waals surface area contributed by atoms with Crippen LogP contribution >= 0.6 is 15.9 Å². The normalized spacial score (nSPS) is 16.1. The van der Waals surface area contributed by atoms with Crippen LogP contribution in [0.5, 0.6) is 0 Å². The highest BCUT2D eigenvalue weighted by molar-refractivity contribution is 9.10. The third-order valence-corrected chi connectivity index (χ3v) is 2.35. The predicted octanol–water partition coefficient (Wildman–Crippen LogP) is 2.52. The standard InChI is InChI=1S/C10H19BrO3/c1-7(13-5)6-8(11)9(12)14-10(2,3)4/h7-8H,6H2,1-5H3/t7-,8?/m1/s1. The van der Waals surface area contributed by atoms with E-state index < -0.39 is 5.60 Å². The highest BCUT2D eigenvalue weighted by Crippen LogP contribution is 2.16. The second-order valence-electron chi connectivity index (χ2n) is 4.28. The van der Waals surface area contributed by atoms with Crippen molar-refractivity contribution in [3.8, 4) is 0 Å². The molecular formula is C10H19BrO3. The van der Waals surface area contributed by atoms with Gasteiger partial charge in [-0.05, 0) is 34.1 Å². The van der Waals surface area contributed by atoms with Crippen molar-refractivity contribution in [2.75, 3.05) is 7.11 Å². The van der Waals surface area contributed by atoms with Crippen LogP contribution in [0.1, 0.15) is 34.1 Å². The van der Waals surface area contributed by atoms with Gasteiger partial charge in [-0.2, -0.15) is 0 Å². The highest BCUT2D eigenvalue weighted by atomic mass is 79.9. The lowest BCUT2D eigenvalue weighted by atomic mass is 10.2. The van der Waals surface area contributed by atoms with Gasteiger partial charge >= 0.3 is 5.97 Å². The monoisotopic (exact) mass is 266 g/mol. The van der Waals surface area contributed by atoms with E-state index in [1.165, 1.54) is 0 Å². The molecule has 4 heteroatoms. The maximum absolute atomic E-state index is 11.5. The summed E-state index contributed by atoms with van der Waals surface area (Å²) in [5.74, 6) is -0.235. The zero-order valence-corrected chi connectivity index (χ0v) is 11.1. The molecule has 0 N–H and O–H groups in total. The molecule has 0 fully saturated rings. The molecule has 0 bridgehead atoms. The van der Waals surface area contributed by atoms with E-state index in [9.17, 15) is 4.79 Å². The Kier molecular flexibility index (Phi) is 5.67. The van der Waals surface area contributed by atoms with E-state index >= 15 is 0 Å². The molecule has 0 aliphatic heterocycles. The molecule has 2 atom stereocenters. The highest BCUT2D eigenvalue weighted by Gasteiger charge is 2.24. The van der Waals surface area contributed by atoms with Crippen LogP contribution in [0.4, 0.5) is 0 Å². The molecule has 1 unspecified atom stereocenters. The smallest absolute Gasteiger partial charge is 0.320 e. The van der Waals surface area contributed by atoms with Crippen LogP contribution in [0.15, 0.2) is 0 Å². The summed E-state index contributed by atoms with van der Waals surface area (Å²) < 4.78 is 10.3. The minimum absolute atomic E-state index is 0.0480. The number of alkyl halides is 1. The van der Waals surface area contributed by atoms with Crippen LogP contribution < -0.4 is 0 Å². The molecule has 0 aliphatic carbocycles. The SMILES string of the molecule is CO[C@H](C)CC(Br)C(=O)OC(C)(C)C. The van der Waals surface area contributed by atoms with Gasteiger partial charge in [-0.1, -0.05) is 15.9 Å². The van der Waals surface area contributed by atoms with Gasteiger partial charge in [-0.15, -0.1) is 0 Å². The summed E-state index contributed by atoms with van der Waals surface area (Å²) in [5, 5.41) is 0. The molecule has 0 saturated carbocycles. The Hall–Kier alpha value is -0.0900. The minimum atomic E-state index is -0.431. The van der Waals surface area contributed by atoms with Crippen molar-refractivity contribution in [3.63, 3.8) is 0 Å². The molecule has 0 aliphatic rings. The lowest BCUT2D eigenvalue weighted by molar-refractivity contribution is -0.154. The van der Waals surface area contributed by atoms with E-state index in [1.807, 2.05) is 27.7 Å². The third-order valence-electron chi connectivity index (χ3n) is 1.60. The molecule has 84 valence electrons. The molecule has 0 radical (unpaired) electrons. The third kappa shape index (κ3) is 6.38. The zero-order chi connectivity index (χ0) is 11.4. The minimum Gasteiger partial charge on any atom is -0.459 e. The van der Waals surface area contributed by atoms with Gasteiger partial charge in [0.05, 0.1) is 6.10 Å². The number of esters is 1. The number of hydrogen-bond donors (Lipinski definition) is 0. The van der Waals surface area contributed by atoms with Gasteiger partial charge in [0.15, 0.2) is 0 Å². The first-order chi connectivity index (χ1) is 6.26. The average molecular weight is 267 g/mol. The lowest BCUT2D eigenvalue weighted by Gasteiger charge is -2.22. The Morgan fingerprint density at radius 1 is 1.43 bits per heavy atom. The largest absolute Gasteiger partial charge is 0.459 e. The summed E-state index contributed by atoms with van der Waals surface area (Å²) in [4.78, 5) is 11.2. The van der Waals surface area contributed by atoms with Crippen LogP contribution in [-0.2, 0) is 14.3 Å². The fourth-order valence-corrected chi connectivity index (χ4v) is 1.47. The number of ether oxygens (including phenoxy) is 2. The summed E-state index contributed by atoms with van der Waals surface area (Å²) >= 11 is 3.28. The Balaban J connectivity index is 4.00. The second-order valence-corrected chi connectivity index (χ2v) is 5.39. The fraction of sp³-hybridized carbons (Fsp3) is 0.900. The Labute approximate surface area is 94.3 Å². The first-order valence-corrected chi connectivity index (χ1v) is 5.57. The van der Waals surface area contributed by atoms with E-state index in [0.29, 0.717) is 6.42 Å². The summed E-state index contributed by atoms with van der Waals surface area (Å²) in [5.41, 5.74) is -0.431. The number of methoxy groups -OCH3 is 1. The quantitative estimate of drug-likeness (QED) is 0.580. The van der Waals surface area contributed by atoms with Crippen molar-refractivity contribution < 1.29 is 14.3 Å². The van der Waals surface area contributed by atoms with Gasteiger partial charge in [0, 0.05) is 7.11 Å². The Bertz CT molecular complexity index is 186. The van der Waals surface area contributed by atoms with E-state index in [-0.39, 0.29) is 16.9 Å². The molecule has 0 spiro atoms. The molecule has 14 heavy (non-hydrogen) atoms. The Morgan fingerprint density at radius 3 is 2.29 bits per heavy atom. The number of rotatable bonds is 4. The molecule has 0 rings (SSSR count).